The fraction of sp³-hybridized carbons (Fsp3) is 0.174. The fourth-order valence-corrected chi connectivity index (χ4v) is 3.32. The summed E-state index contributed by atoms with van der Waals surface area (Å²) in [5.74, 6) is 1.05. The molecule has 0 saturated carbocycles. The van der Waals surface area contributed by atoms with Crippen LogP contribution in [0, 0.1) is 0 Å². The van der Waals surface area contributed by atoms with E-state index in [1.165, 1.54) is 0 Å². The molecular weight excluding hydrogens is 443 g/mol. The molecule has 1 N–H and O–H groups in total. The van der Waals surface area contributed by atoms with E-state index in [4.69, 9.17) is 44.3 Å². The van der Waals surface area contributed by atoms with Gasteiger partial charge in [0.25, 0.3) is 0 Å². The minimum atomic E-state index is 0.330. The highest BCUT2D eigenvalue weighted by Crippen LogP contribution is 2.37. The number of hydrazone groups is 1. The molecule has 0 saturated heterocycles. The summed E-state index contributed by atoms with van der Waals surface area (Å²) in [6.07, 6.45) is 1.69. The van der Waals surface area contributed by atoms with Crippen LogP contribution in [0.3, 0.4) is 0 Å². The zero-order chi connectivity index (χ0) is 21.3. The molecule has 30 heavy (non-hydrogen) atoms. The highest BCUT2D eigenvalue weighted by atomic mass is 35.5. The van der Waals surface area contributed by atoms with Crippen molar-refractivity contribution >= 4 is 41.0 Å². The lowest BCUT2D eigenvalue weighted by Gasteiger charge is -2.14. The summed E-state index contributed by atoms with van der Waals surface area (Å²) in [5, 5.41) is 6.07. The molecule has 0 radical (unpaired) electrons. The summed E-state index contributed by atoms with van der Waals surface area (Å²) in [4.78, 5) is 0. The number of rotatable bonds is 9. The van der Waals surface area contributed by atoms with Gasteiger partial charge in [0.1, 0.15) is 6.61 Å². The number of hydrogen-bond acceptors (Lipinski definition) is 4. The Hall–Kier alpha value is -2.40. The lowest BCUT2D eigenvalue weighted by atomic mass is 10.2. The molecule has 7 heteroatoms. The van der Waals surface area contributed by atoms with Crippen molar-refractivity contribution in [1.29, 1.82) is 0 Å². The van der Waals surface area contributed by atoms with Crippen LogP contribution in [0.4, 0.5) is 0 Å². The summed E-state index contributed by atoms with van der Waals surface area (Å²) < 4.78 is 11.7. The van der Waals surface area contributed by atoms with Gasteiger partial charge in [-0.25, -0.2) is 0 Å². The van der Waals surface area contributed by atoms with Crippen molar-refractivity contribution < 1.29 is 9.47 Å². The van der Waals surface area contributed by atoms with Gasteiger partial charge in [0.2, 0.25) is 0 Å². The molecule has 3 aromatic rings. The molecule has 3 aromatic carbocycles. The summed E-state index contributed by atoms with van der Waals surface area (Å²) in [7, 11) is 0. The molecule has 0 heterocycles. The highest BCUT2D eigenvalue weighted by Gasteiger charge is 2.12. The minimum Gasteiger partial charge on any atom is -0.490 e. The Morgan fingerprint density at radius 3 is 2.43 bits per heavy atom. The van der Waals surface area contributed by atoms with Crippen molar-refractivity contribution in [2.24, 2.45) is 5.10 Å². The van der Waals surface area contributed by atoms with Crippen LogP contribution in [0.25, 0.3) is 0 Å². The van der Waals surface area contributed by atoms with Crippen molar-refractivity contribution in [3.05, 3.63) is 92.4 Å². The number of nitrogens with one attached hydrogen (secondary N) is 1. The number of nitrogens with zero attached hydrogens (tertiary/aromatic N) is 1. The molecule has 0 aliphatic carbocycles. The van der Waals surface area contributed by atoms with E-state index in [0.29, 0.717) is 46.3 Å². The van der Waals surface area contributed by atoms with E-state index < -0.39 is 0 Å². The highest BCUT2D eigenvalue weighted by molar-refractivity contribution is 6.32. The van der Waals surface area contributed by atoms with E-state index in [1.807, 2.05) is 61.5 Å². The van der Waals surface area contributed by atoms with Crippen LogP contribution < -0.4 is 14.9 Å². The van der Waals surface area contributed by atoms with E-state index >= 15 is 0 Å². The fourth-order valence-electron chi connectivity index (χ4n) is 2.71. The van der Waals surface area contributed by atoms with Crippen LogP contribution >= 0.6 is 34.8 Å². The Balaban J connectivity index is 1.67. The second kappa shape index (κ2) is 11.1. The third kappa shape index (κ3) is 6.56. The number of ether oxygens (including phenoxy) is 2. The van der Waals surface area contributed by atoms with E-state index in [9.17, 15) is 0 Å². The van der Waals surface area contributed by atoms with Crippen molar-refractivity contribution in [2.75, 3.05) is 6.61 Å². The monoisotopic (exact) mass is 462 g/mol. The Bertz CT molecular complexity index is 1010. The molecule has 156 valence electrons. The first-order valence-corrected chi connectivity index (χ1v) is 10.5. The predicted octanol–water partition coefficient (Wildman–Crippen LogP) is 6.75. The van der Waals surface area contributed by atoms with E-state index in [2.05, 4.69) is 10.5 Å². The maximum Gasteiger partial charge on any atom is 0.180 e. The molecule has 4 nitrogen and oxygen atoms in total. The van der Waals surface area contributed by atoms with Gasteiger partial charge in [-0.2, -0.15) is 5.10 Å². The van der Waals surface area contributed by atoms with Gasteiger partial charge in [-0.3, -0.25) is 0 Å². The zero-order valence-corrected chi connectivity index (χ0v) is 18.6. The van der Waals surface area contributed by atoms with Gasteiger partial charge in [-0.1, -0.05) is 59.1 Å². The number of halogens is 3. The molecule has 0 aliphatic heterocycles. The number of hydrogen-bond donors (Lipinski definition) is 1. The average Bonchev–Trinajstić information content (AvgIpc) is 2.72. The van der Waals surface area contributed by atoms with Crippen molar-refractivity contribution in [2.45, 2.75) is 20.1 Å². The summed E-state index contributed by atoms with van der Waals surface area (Å²) in [6, 6.07) is 18.7. The van der Waals surface area contributed by atoms with Gasteiger partial charge < -0.3 is 14.9 Å². The Kier molecular flexibility index (Phi) is 8.26. The SMILES string of the molecule is CCOc1cc(/C=N\NCc2ccc(Cl)cc2)cc(Cl)c1OCc1cccc(Cl)c1. The maximum absolute atomic E-state index is 6.47. The first-order valence-electron chi connectivity index (χ1n) is 9.39. The molecule has 3 rings (SSSR count). The normalized spacial score (nSPS) is 10.9. The second-order valence-corrected chi connectivity index (χ2v) is 7.68. The van der Waals surface area contributed by atoms with Crippen LogP contribution in [-0.2, 0) is 13.2 Å². The minimum absolute atomic E-state index is 0.330. The predicted molar refractivity (Wildman–Crippen MR) is 124 cm³/mol. The Morgan fingerprint density at radius 1 is 0.900 bits per heavy atom. The molecule has 0 spiro atoms. The van der Waals surface area contributed by atoms with E-state index in [1.54, 1.807) is 12.3 Å². The summed E-state index contributed by atoms with van der Waals surface area (Å²) in [5.41, 5.74) is 5.82. The van der Waals surface area contributed by atoms with Crippen LogP contribution in [0.2, 0.25) is 15.1 Å². The third-order valence-electron chi connectivity index (χ3n) is 4.11. The molecule has 0 unspecified atom stereocenters. The van der Waals surface area contributed by atoms with E-state index in [-0.39, 0.29) is 0 Å². The summed E-state index contributed by atoms with van der Waals surface area (Å²) in [6.45, 7) is 3.30. The van der Waals surface area contributed by atoms with Crippen molar-refractivity contribution in [1.82, 2.24) is 5.43 Å². The standard InChI is InChI=1S/C23H21Cl3N2O2/c1-2-29-22-12-18(14-28-27-13-16-6-8-19(24)9-7-16)11-21(26)23(22)30-15-17-4-3-5-20(25)10-17/h3-12,14,27H,2,13,15H2,1H3/b28-14-. The van der Waals surface area contributed by atoms with Gasteiger partial charge in [0.05, 0.1) is 24.4 Å². The molecule has 0 aliphatic rings. The third-order valence-corrected chi connectivity index (χ3v) is 4.87. The first kappa shape index (κ1) is 22.3. The van der Waals surface area contributed by atoms with Gasteiger partial charge >= 0.3 is 0 Å². The smallest absolute Gasteiger partial charge is 0.180 e. The number of benzene rings is 3. The molecule has 0 atom stereocenters. The van der Waals surface area contributed by atoms with E-state index in [0.717, 1.165) is 16.7 Å². The zero-order valence-electron chi connectivity index (χ0n) is 16.4. The molecule has 0 amide bonds. The maximum atomic E-state index is 6.47. The largest absolute Gasteiger partial charge is 0.490 e. The molecular formula is C23H21Cl3N2O2. The molecule has 0 aromatic heterocycles. The Morgan fingerprint density at radius 2 is 1.70 bits per heavy atom. The summed E-state index contributed by atoms with van der Waals surface area (Å²) >= 11 is 18.4. The van der Waals surface area contributed by atoms with Gasteiger partial charge in [0.15, 0.2) is 11.5 Å². The Labute approximate surface area is 191 Å². The quantitative estimate of drug-likeness (QED) is 0.282. The topological polar surface area (TPSA) is 42.8 Å². The molecule has 0 fully saturated rings. The van der Waals surface area contributed by atoms with Crippen LogP contribution in [0.5, 0.6) is 11.5 Å². The van der Waals surface area contributed by atoms with Gasteiger partial charge in [0, 0.05) is 10.0 Å². The second-order valence-electron chi connectivity index (χ2n) is 6.40. The van der Waals surface area contributed by atoms with Gasteiger partial charge in [-0.15, -0.1) is 0 Å². The first-order chi connectivity index (χ1) is 14.5. The van der Waals surface area contributed by atoms with Crippen molar-refractivity contribution in [3.63, 3.8) is 0 Å². The van der Waals surface area contributed by atoms with Crippen LogP contribution in [-0.4, -0.2) is 12.8 Å². The lowest BCUT2D eigenvalue weighted by molar-refractivity contribution is 0.269. The van der Waals surface area contributed by atoms with Crippen LogP contribution in [0.1, 0.15) is 23.6 Å². The lowest BCUT2D eigenvalue weighted by Crippen LogP contribution is -2.06. The van der Waals surface area contributed by atoms with Crippen LogP contribution in [0.15, 0.2) is 65.8 Å². The average molecular weight is 464 g/mol. The molecule has 0 bridgehead atoms. The van der Waals surface area contributed by atoms with Gasteiger partial charge in [-0.05, 0) is 60.0 Å². The van der Waals surface area contributed by atoms with Crippen molar-refractivity contribution in [3.8, 4) is 11.5 Å².